The molecule has 1 aliphatic carbocycles. The molecule has 0 aromatic heterocycles. The molecule has 1 N–H and O–H groups in total. The lowest BCUT2D eigenvalue weighted by molar-refractivity contribution is 0.378. The maximum Gasteiger partial charge on any atom is 0.505 e. The molecule has 0 heterocycles. The highest BCUT2D eigenvalue weighted by Crippen LogP contribution is 2.30. The van der Waals surface area contributed by atoms with Crippen LogP contribution in [0.2, 0.25) is 0 Å². The van der Waals surface area contributed by atoms with Crippen LogP contribution in [0.1, 0.15) is 32.1 Å². The number of hydrogen-bond acceptors (Lipinski definition) is 1. The molecule has 0 radical (unpaired) electrons. The Morgan fingerprint density at radius 2 is 1.90 bits per heavy atom. The van der Waals surface area contributed by atoms with Gasteiger partial charge in [-0.05, 0) is 17.4 Å². The average Bonchev–Trinajstić information content (AvgIpc) is 1.88. The molecule has 0 saturated heterocycles. The lowest BCUT2D eigenvalue weighted by Crippen LogP contribution is -2.08. The van der Waals surface area contributed by atoms with E-state index in [4.69, 9.17) is 4.89 Å². The van der Waals surface area contributed by atoms with E-state index in [9.17, 15) is 4.57 Å². The lowest BCUT2D eigenvalue weighted by atomic mass is 9.91. The zero-order valence-electron chi connectivity index (χ0n) is 6.12. The van der Waals surface area contributed by atoms with Crippen molar-refractivity contribution >= 4 is 8.03 Å². The molecule has 0 aromatic rings. The molecule has 0 aromatic carbocycles. The van der Waals surface area contributed by atoms with Crippen LogP contribution in [0.25, 0.3) is 0 Å². The molecule has 0 aliphatic heterocycles. The summed E-state index contributed by atoms with van der Waals surface area (Å²) in [5.41, 5.74) is 0. The predicted molar refractivity (Wildman–Crippen MR) is 41.3 cm³/mol. The molecule has 1 saturated carbocycles. The fourth-order valence-electron chi connectivity index (χ4n) is 1.59. The normalized spacial score (nSPS) is 22.7. The molecule has 1 fully saturated rings. The minimum atomic E-state index is -1.87. The third kappa shape index (κ3) is 2.76. The Balaban J connectivity index is 2.19. The second-order valence-corrected chi connectivity index (χ2v) is 4.11. The van der Waals surface area contributed by atoms with Crippen LogP contribution in [0, 0.1) is 5.92 Å². The molecule has 2 nitrogen and oxygen atoms in total. The van der Waals surface area contributed by atoms with Crippen LogP contribution in [0.3, 0.4) is 0 Å². The molecule has 0 amide bonds. The van der Waals surface area contributed by atoms with Gasteiger partial charge in [-0.2, -0.15) is 4.89 Å². The average molecular weight is 161 g/mol. The summed E-state index contributed by atoms with van der Waals surface area (Å²) in [7, 11) is -1.87. The van der Waals surface area contributed by atoms with Crippen molar-refractivity contribution in [3.63, 3.8) is 0 Å². The molecule has 1 atom stereocenters. The molecule has 58 valence electrons. The van der Waals surface area contributed by atoms with Crippen LogP contribution in [0.5, 0.6) is 0 Å². The van der Waals surface area contributed by atoms with Gasteiger partial charge in [0.25, 0.3) is 0 Å². The second-order valence-electron chi connectivity index (χ2n) is 3.04. The van der Waals surface area contributed by atoms with Gasteiger partial charge in [-0.1, -0.05) is 19.3 Å². The van der Waals surface area contributed by atoms with Gasteiger partial charge in [0.1, 0.15) is 0 Å². The van der Waals surface area contributed by atoms with Crippen LogP contribution < -0.4 is 0 Å². The third-order valence-electron chi connectivity index (χ3n) is 2.14. The summed E-state index contributed by atoms with van der Waals surface area (Å²) >= 11 is 0. The Morgan fingerprint density at radius 1 is 1.30 bits per heavy atom. The van der Waals surface area contributed by atoms with Crippen LogP contribution in [-0.4, -0.2) is 11.1 Å². The van der Waals surface area contributed by atoms with E-state index < -0.39 is 8.03 Å². The first-order valence-corrected chi connectivity index (χ1v) is 5.32. The van der Waals surface area contributed by atoms with Crippen molar-refractivity contribution in [3.05, 3.63) is 0 Å². The Hall–Kier alpha value is 0.0600. The van der Waals surface area contributed by atoms with E-state index in [-0.39, 0.29) is 0 Å². The molecule has 1 aliphatic rings. The van der Waals surface area contributed by atoms with Crippen molar-refractivity contribution in [2.24, 2.45) is 5.92 Å². The first kappa shape index (κ1) is 8.16. The summed E-state index contributed by atoms with van der Waals surface area (Å²) in [6.07, 6.45) is 6.71. The summed E-state index contributed by atoms with van der Waals surface area (Å²) in [5, 5.41) is 0. The van der Waals surface area contributed by atoms with E-state index >= 15 is 0 Å². The van der Waals surface area contributed by atoms with E-state index in [0.717, 1.165) is 0 Å². The van der Waals surface area contributed by atoms with Gasteiger partial charge in [-0.3, -0.25) is 0 Å². The first-order valence-electron chi connectivity index (χ1n) is 3.92. The molecule has 3 heteroatoms. The predicted octanol–water partition coefficient (Wildman–Crippen LogP) is 2.30. The molecular weight excluding hydrogens is 147 g/mol. The minimum absolute atomic E-state index is 0.537. The highest BCUT2D eigenvalue weighted by Gasteiger charge is 2.22. The quantitative estimate of drug-likeness (QED) is 0.631. The monoisotopic (exact) mass is 161 g/mol. The van der Waals surface area contributed by atoms with Crippen molar-refractivity contribution in [1.29, 1.82) is 0 Å². The summed E-state index contributed by atoms with van der Waals surface area (Å²) in [5.74, 6) is 0.544. The first-order chi connectivity index (χ1) is 4.79. The Morgan fingerprint density at radius 3 is 2.40 bits per heavy atom. The topological polar surface area (TPSA) is 37.3 Å². The SMILES string of the molecule is O=[P+](O)CC1CCCCC1. The minimum Gasteiger partial charge on any atom is -0.161 e. The third-order valence-corrected chi connectivity index (χ3v) is 2.97. The van der Waals surface area contributed by atoms with Gasteiger partial charge >= 0.3 is 8.03 Å². The Bertz CT molecular complexity index is 119. The summed E-state index contributed by atoms with van der Waals surface area (Å²) < 4.78 is 10.4. The van der Waals surface area contributed by atoms with E-state index in [2.05, 4.69) is 0 Å². The maximum atomic E-state index is 10.4. The van der Waals surface area contributed by atoms with Crippen molar-refractivity contribution in [1.82, 2.24) is 0 Å². The van der Waals surface area contributed by atoms with Gasteiger partial charge in [0.2, 0.25) is 0 Å². The van der Waals surface area contributed by atoms with Gasteiger partial charge in [-0.25, -0.2) is 0 Å². The van der Waals surface area contributed by atoms with E-state index in [1.165, 1.54) is 32.1 Å². The van der Waals surface area contributed by atoms with Gasteiger partial charge in [0.15, 0.2) is 6.16 Å². The smallest absolute Gasteiger partial charge is 0.161 e. The van der Waals surface area contributed by atoms with Gasteiger partial charge in [0, 0.05) is 5.92 Å². The van der Waals surface area contributed by atoms with Crippen LogP contribution in [-0.2, 0) is 4.57 Å². The number of hydrogen-bond donors (Lipinski definition) is 1. The van der Waals surface area contributed by atoms with E-state index in [1.54, 1.807) is 0 Å². The zero-order chi connectivity index (χ0) is 7.40. The molecule has 1 rings (SSSR count). The summed E-state index contributed by atoms with van der Waals surface area (Å²) in [4.78, 5) is 8.61. The lowest BCUT2D eigenvalue weighted by Gasteiger charge is -2.15. The van der Waals surface area contributed by atoms with Gasteiger partial charge in [0.05, 0.1) is 0 Å². The zero-order valence-corrected chi connectivity index (χ0v) is 7.02. The molecule has 10 heavy (non-hydrogen) atoms. The fourth-order valence-corrected chi connectivity index (χ4v) is 2.40. The van der Waals surface area contributed by atoms with Crippen molar-refractivity contribution < 1.29 is 9.46 Å². The van der Waals surface area contributed by atoms with Crippen LogP contribution in [0.4, 0.5) is 0 Å². The highest BCUT2D eigenvalue weighted by atomic mass is 31.1. The van der Waals surface area contributed by atoms with Gasteiger partial charge < -0.3 is 0 Å². The maximum absolute atomic E-state index is 10.4. The molecule has 0 bridgehead atoms. The van der Waals surface area contributed by atoms with E-state index in [0.29, 0.717) is 12.1 Å². The fraction of sp³-hybridized carbons (Fsp3) is 1.00. The summed E-state index contributed by atoms with van der Waals surface area (Å²) in [6, 6.07) is 0. The molecule has 1 unspecified atom stereocenters. The van der Waals surface area contributed by atoms with Gasteiger partial charge in [-0.15, -0.1) is 0 Å². The molecule has 0 spiro atoms. The van der Waals surface area contributed by atoms with Crippen LogP contribution in [0.15, 0.2) is 0 Å². The highest BCUT2D eigenvalue weighted by molar-refractivity contribution is 7.38. The van der Waals surface area contributed by atoms with Crippen molar-refractivity contribution in [2.45, 2.75) is 32.1 Å². The van der Waals surface area contributed by atoms with Crippen molar-refractivity contribution in [2.75, 3.05) is 6.16 Å². The summed E-state index contributed by atoms with van der Waals surface area (Å²) in [6.45, 7) is 0. The van der Waals surface area contributed by atoms with Crippen molar-refractivity contribution in [3.8, 4) is 0 Å². The standard InChI is InChI=1S/C7H13O2P/c8-10(9)6-7-4-2-1-3-5-7/h7H,1-6H2/p+1. The van der Waals surface area contributed by atoms with Crippen LogP contribution >= 0.6 is 8.03 Å². The number of rotatable bonds is 2. The second kappa shape index (κ2) is 4.05. The van der Waals surface area contributed by atoms with E-state index in [1.807, 2.05) is 0 Å². The molecular formula is C7H14O2P+. The largest absolute Gasteiger partial charge is 0.505 e. The Labute approximate surface area is 62.5 Å². The Kier molecular flexibility index (Phi) is 3.30.